The van der Waals surface area contributed by atoms with Crippen LogP contribution in [0.5, 0.6) is 0 Å². The molecule has 0 radical (unpaired) electrons. The second-order valence-electron chi connectivity index (χ2n) is 5.78. The number of hydrogen-bond donors (Lipinski definition) is 2. The average molecular weight is 247 g/mol. The summed E-state index contributed by atoms with van der Waals surface area (Å²) in [7, 11) is 0. The minimum absolute atomic E-state index is 0.100. The molecule has 0 bridgehead atoms. The van der Waals surface area contributed by atoms with E-state index in [0.29, 0.717) is 6.04 Å². The lowest BCUT2D eigenvalue weighted by Gasteiger charge is -2.27. The topological polar surface area (TPSA) is 32.3 Å². The van der Waals surface area contributed by atoms with Gasteiger partial charge in [-0.15, -0.1) is 0 Å². The predicted molar refractivity (Wildman–Crippen MR) is 75.8 cm³/mol. The Balaban J connectivity index is 1.97. The van der Waals surface area contributed by atoms with E-state index in [0.717, 1.165) is 25.8 Å². The smallest absolute Gasteiger partial charge is 0.0555 e. The van der Waals surface area contributed by atoms with Crippen LogP contribution in [0.2, 0.25) is 0 Å². The Morgan fingerprint density at radius 2 is 1.83 bits per heavy atom. The lowest BCUT2D eigenvalue weighted by molar-refractivity contribution is 0.111. The number of nitrogens with one attached hydrogen (secondary N) is 1. The SMILES string of the molecule is Cc1cc(C)c(CNC2CCCC(O)C2)c(C)c1. The van der Waals surface area contributed by atoms with Gasteiger partial charge in [0.25, 0.3) is 0 Å². The number of benzene rings is 1. The summed E-state index contributed by atoms with van der Waals surface area (Å²) in [5, 5.41) is 13.3. The molecule has 0 saturated heterocycles. The Bertz CT molecular complexity index is 391. The van der Waals surface area contributed by atoms with Crippen molar-refractivity contribution in [2.24, 2.45) is 0 Å². The van der Waals surface area contributed by atoms with Crippen LogP contribution in [0.1, 0.15) is 47.9 Å². The number of hydrogen-bond acceptors (Lipinski definition) is 2. The molecule has 100 valence electrons. The standard InChI is InChI=1S/C16H25NO/c1-11-7-12(2)16(13(3)8-11)10-17-14-5-4-6-15(18)9-14/h7-8,14-15,17-18H,4-6,9-10H2,1-3H3. The van der Waals surface area contributed by atoms with Crippen LogP contribution in [0.15, 0.2) is 12.1 Å². The highest BCUT2D eigenvalue weighted by Gasteiger charge is 2.19. The van der Waals surface area contributed by atoms with E-state index in [1.807, 2.05) is 0 Å². The van der Waals surface area contributed by atoms with Crippen LogP contribution in [-0.4, -0.2) is 17.3 Å². The molecule has 1 saturated carbocycles. The molecule has 0 aromatic heterocycles. The Morgan fingerprint density at radius 3 is 2.44 bits per heavy atom. The van der Waals surface area contributed by atoms with Crippen molar-refractivity contribution in [3.63, 3.8) is 0 Å². The Morgan fingerprint density at radius 1 is 1.17 bits per heavy atom. The van der Waals surface area contributed by atoms with Crippen LogP contribution in [0.4, 0.5) is 0 Å². The molecule has 2 rings (SSSR count). The third kappa shape index (κ3) is 3.33. The molecular weight excluding hydrogens is 222 g/mol. The zero-order valence-electron chi connectivity index (χ0n) is 11.8. The van der Waals surface area contributed by atoms with Gasteiger partial charge < -0.3 is 10.4 Å². The van der Waals surface area contributed by atoms with Crippen molar-refractivity contribution in [2.45, 2.75) is 65.1 Å². The Labute approximate surface area is 110 Å². The maximum absolute atomic E-state index is 9.68. The molecule has 1 aromatic carbocycles. The van der Waals surface area contributed by atoms with E-state index >= 15 is 0 Å². The van der Waals surface area contributed by atoms with E-state index in [9.17, 15) is 5.11 Å². The van der Waals surface area contributed by atoms with E-state index in [4.69, 9.17) is 0 Å². The highest BCUT2D eigenvalue weighted by atomic mass is 16.3. The Hall–Kier alpha value is -0.860. The molecule has 2 nitrogen and oxygen atoms in total. The summed E-state index contributed by atoms with van der Waals surface area (Å²) in [6, 6.07) is 4.98. The first-order valence-corrected chi connectivity index (χ1v) is 7.04. The summed E-state index contributed by atoms with van der Waals surface area (Å²) in [6.45, 7) is 7.45. The first-order chi connectivity index (χ1) is 8.56. The van der Waals surface area contributed by atoms with Crippen LogP contribution in [0, 0.1) is 20.8 Å². The molecule has 2 atom stereocenters. The van der Waals surface area contributed by atoms with Crippen molar-refractivity contribution in [1.29, 1.82) is 0 Å². The molecule has 1 fully saturated rings. The second-order valence-corrected chi connectivity index (χ2v) is 5.78. The highest BCUT2D eigenvalue weighted by molar-refractivity contribution is 5.37. The van der Waals surface area contributed by atoms with Crippen molar-refractivity contribution < 1.29 is 5.11 Å². The second kappa shape index (κ2) is 5.85. The van der Waals surface area contributed by atoms with Crippen LogP contribution in [0.25, 0.3) is 0 Å². The molecule has 1 aliphatic rings. The molecule has 18 heavy (non-hydrogen) atoms. The van der Waals surface area contributed by atoms with Crippen molar-refractivity contribution in [3.8, 4) is 0 Å². The zero-order valence-corrected chi connectivity index (χ0v) is 11.8. The molecule has 0 amide bonds. The van der Waals surface area contributed by atoms with Crippen LogP contribution < -0.4 is 5.32 Å². The molecule has 1 aliphatic carbocycles. The quantitative estimate of drug-likeness (QED) is 0.860. The fourth-order valence-corrected chi connectivity index (χ4v) is 3.08. The first-order valence-electron chi connectivity index (χ1n) is 7.04. The summed E-state index contributed by atoms with van der Waals surface area (Å²) < 4.78 is 0. The van der Waals surface area contributed by atoms with Crippen molar-refractivity contribution in [3.05, 3.63) is 34.4 Å². The van der Waals surface area contributed by atoms with Gasteiger partial charge in [0, 0.05) is 12.6 Å². The summed E-state index contributed by atoms with van der Waals surface area (Å²) in [5.74, 6) is 0. The highest BCUT2D eigenvalue weighted by Crippen LogP contribution is 2.20. The summed E-state index contributed by atoms with van der Waals surface area (Å²) in [4.78, 5) is 0. The number of aliphatic hydroxyl groups excluding tert-OH is 1. The van der Waals surface area contributed by atoms with E-state index in [-0.39, 0.29) is 6.10 Å². The number of rotatable bonds is 3. The van der Waals surface area contributed by atoms with E-state index < -0.39 is 0 Å². The zero-order chi connectivity index (χ0) is 13.1. The molecule has 2 heteroatoms. The van der Waals surface area contributed by atoms with Crippen molar-refractivity contribution in [2.75, 3.05) is 0 Å². The minimum Gasteiger partial charge on any atom is -0.393 e. The van der Waals surface area contributed by atoms with Gasteiger partial charge in [0.05, 0.1) is 6.10 Å². The van der Waals surface area contributed by atoms with Crippen molar-refractivity contribution in [1.82, 2.24) is 5.32 Å². The van der Waals surface area contributed by atoms with Crippen LogP contribution in [0.3, 0.4) is 0 Å². The monoisotopic (exact) mass is 247 g/mol. The minimum atomic E-state index is -0.100. The van der Waals surface area contributed by atoms with E-state index in [1.165, 1.54) is 28.7 Å². The predicted octanol–water partition coefficient (Wildman–Crippen LogP) is 3.00. The molecule has 2 N–H and O–H groups in total. The van der Waals surface area contributed by atoms with Crippen molar-refractivity contribution >= 4 is 0 Å². The van der Waals surface area contributed by atoms with Gasteiger partial charge in [0.2, 0.25) is 0 Å². The van der Waals surface area contributed by atoms with E-state index in [2.05, 4.69) is 38.2 Å². The third-order valence-corrected chi connectivity index (χ3v) is 4.05. The molecule has 0 heterocycles. The lowest BCUT2D eigenvalue weighted by atomic mass is 9.92. The van der Waals surface area contributed by atoms with Gasteiger partial charge in [-0.1, -0.05) is 17.7 Å². The maximum Gasteiger partial charge on any atom is 0.0555 e. The van der Waals surface area contributed by atoms with Gasteiger partial charge in [0.1, 0.15) is 0 Å². The fraction of sp³-hybridized carbons (Fsp3) is 0.625. The van der Waals surface area contributed by atoms with Gasteiger partial charge in [0.15, 0.2) is 0 Å². The van der Waals surface area contributed by atoms with Gasteiger partial charge in [-0.05, 0) is 63.1 Å². The van der Waals surface area contributed by atoms with E-state index in [1.54, 1.807) is 0 Å². The summed E-state index contributed by atoms with van der Waals surface area (Å²) >= 11 is 0. The maximum atomic E-state index is 9.68. The first kappa shape index (κ1) is 13.6. The number of aliphatic hydroxyl groups is 1. The van der Waals surface area contributed by atoms with Crippen LogP contribution >= 0.6 is 0 Å². The normalized spacial score (nSPS) is 24.2. The molecule has 0 aliphatic heterocycles. The molecule has 0 spiro atoms. The van der Waals surface area contributed by atoms with Crippen LogP contribution in [-0.2, 0) is 6.54 Å². The molecule has 2 unspecified atom stereocenters. The van der Waals surface area contributed by atoms with Gasteiger partial charge in [-0.3, -0.25) is 0 Å². The largest absolute Gasteiger partial charge is 0.393 e. The number of aryl methyl sites for hydroxylation is 3. The Kier molecular flexibility index (Phi) is 4.41. The van der Waals surface area contributed by atoms with Gasteiger partial charge >= 0.3 is 0 Å². The third-order valence-electron chi connectivity index (χ3n) is 4.05. The fourth-order valence-electron chi connectivity index (χ4n) is 3.08. The van der Waals surface area contributed by atoms with Gasteiger partial charge in [-0.25, -0.2) is 0 Å². The van der Waals surface area contributed by atoms with Gasteiger partial charge in [-0.2, -0.15) is 0 Å². The molecular formula is C16H25NO. The summed E-state index contributed by atoms with van der Waals surface area (Å²) in [6.07, 6.45) is 4.12. The summed E-state index contributed by atoms with van der Waals surface area (Å²) in [5.41, 5.74) is 5.50. The lowest BCUT2D eigenvalue weighted by Crippen LogP contribution is -2.35. The molecule has 1 aromatic rings. The average Bonchev–Trinajstić information content (AvgIpc) is 2.27.